The number of nitrogens with zero attached hydrogens (tertiary/aromatic N) is 1. The number of halogens is 2. The van der Waals surface area contributed by atoms with Crippen LogP contribution in [0, 0.1) is 5.82 Å². The second-order valence-electron chi connectivity index (χ2n) is 7.52. The van der Waals surface area contributed by atoms with Gasteiger partial charge >= 0.3 is 0 Å². The number of aromatic hydroxyl groups is 1. The summed E-state index contributed by atoms with van der Waals surface area (Å²) in [6, 6.07) is 20.1. The predicted molar refractivity (Wildman–Crippen MR) is 134 cm³/mol. The lowest BCUT2D eigenvalue weighted by molar-refractivity contribution is 0.369. The van der Waals surface area contributed by atoms with Gasteiger partial charge in [0, 0.05) is 35.9 Å². The summed E-state index contributed by atoms with van der Waals surface area (Å²) in [6.07, 6.45) is 2.71. The number of ether oxygens (including phenoxy) is 1. The number of rotatable bonds is 9. The summed E-state index contributed by atoms with van der Waals surface area (Å²) in [6.45, 7) is 2.19. The van der Waals surface area contributed by atoms with Crippen LogP contribution in [0.1, 0.15) is 12.0 Å². The summed E-state index contributed by atoms with van der Waals surface area (Å²) in [7, 11) is 1.55. The Balaban J connectivity index is 0.00000306. The van der Waals surface area contributed by atoms with E-state index in [2.05, 4.69) is 15.6 Å². The quantitative estimate of drug-likeness (QED) is 0.273. The topological polar surface area (TPSA) is 66.4 Å². The number of pyridine rings is 1. The lowest BCUT2D eigenvalue weighted by atomic mass is 10.0. The van der Waals surface area contributed by atoms with E-state index in [1.165, 1.54) is 12.1 Å². The molecule has 0 bridgehead atoms. The van der Waals surface area contributed by atoms with E-state index >= 15 is 0 Å². The van der Waals surface area contributed by atoms with Crippen molar-refractivity contribution in [2.75, 3.05) is 25.5 Å². The molecule has 0 unspecified atom stereocenters. The van der Waals surface area contributed by atoms with Crippen LogP contribution in [0.5, 0.6) is 11.5 Å². The third-order valence-corrected chi connectivity index (χ3v) is 5.38. The smallest absolute Gasteiger partial charge is 0.162 e. The maximum atomic E-state index is 13.2. The minimum Gasteiger partial charge on any atom is -0.504 e. The van der Waals surface area contributed by atoms with Crippen molar-refractivity contribution in [1.29, 1.82) is 0 Å². The first-order valence-electron chi connectivity index (χ1n) is 10.6. The van der Waals surface area contributed by atoms with Crippen molar-refractivity contribution in [2.45, 2.75) is 13.0 Å². The van der Waals surface area contributed by atoms with Crippen LogP contribution in [0.25, 0.3) is 22.0 Å². The number of hydrogen-bond acceptors (Lipinski definition) is 5. The van der Waals surface area contributed by atoms with Gasteiger partial charge in [-0.2, -0.15) is 0 Å². The summed E-state index contributed by atoms with van der Waals surface area (Å²) in [5.41, 5.74) is 4.71. The number of nitrogens with one attached hydrogen (secondary N) is 2. The van der Waals surface area contributed by atoms with Gasteiger partial charge in [-0.15, -0.1) is 12.4 Å². The van der Waals surface area contributed by atoms with E-state index in [1.54, 1.807) is 31.5 Å². The van der Waals surface area contributed by atoms with Crippen LogP contribution in [0.4, 0.5) is 10.1 Å². The average molecular weight is 468 g/mol. The monoisotopic (exact) mass is 467 g/mol. The number of aromatic nitrogens is 1. The molecule has 5 nitrogen and oxygen atoms in total. The van der Waals surface area contributed by atoms with Gasteiger partial charge in [0.25, 0.3) is 0 Å². The Morgan fingerprint density at radius 3 is 2.55 bits per heavy atom. The van der Waals surface area contributed by atoms with Crippen molar-refractivity contribution < 1.29 is 14.2 Å². The SMILES string of the molecule is COc1cccc(CNCCCNc2ccnc3cc(-c4ccc(F)cc4)ccc23)c1O.Cl. The molecule has 4 rings (SSSR count). The summed E-state index contributed by atoms with van der Waals surface area (Å²) >= 11 is 0. The van der Waals surface area contributed by atoms with Gasteiger partial charge in [0.1, 0.15) is 5.82 Å². The number of phenolic OH excluding ortho intramolecular Hbond substituents is 1. The number of anilines is 1. The van der Waals surface area contributed by atoms with Crippen LogP contribution in [0.3, 0.4) is 0 Å². The zero-order chi connectivity index (χ0) is 22.3. The molecule has 7 heteroatoms. The zero-order valence-electron chi connectivity index (χ0n) is 18.3. The Labute approximate surface area is 199 Å². The Kier molecular flexibility index (Phi) is 8.46. The van der Waals surface area contributed by atoms with Crippen LogP contribution in [-0.2, 0) is 6.54 Å². The molecule has 0 saturated heterocycles. The van der Waals surface area contributed by atoms with Gasteiger partial charge in [0.05, 0.1) is 12.6 Å². The van der Waals surface area contributed by atoms with Crippen molar-refractivity contribution in [3.63, 3.8) is 0 Å². The highest BCUT2D eigenvalue weighted by Gasteiger charge is 2.07. The number of benzene rings is 3. The van der Waals surface area contributed by atoms with E-state index in [-0.39, 0.29) is 24.0 Å². The Bertz CT molecular complexity index is 1200. The molecule has 3 N–H and O–H groups in total. The lowest BCUT2D eigenvalue weighted by Gasteiger charge is -2.12. The maximum absolute atomic E-state index is 13.2. The molecule has 0 spiro atoms. The van der Waals surface area contributed by atoms with Gasteiger partial charge in [0.2, 0.25) is 0 Å². The van der Waals surface area contributed by atoms with Crippen LogP contribution < -0.4 is 15.4 Å². The molecule has 0 radical (unpaired) electrons. The molecule has 0 aliphatic carbocycles. The Morgan fingerprint density at radius 1 is 0.970 bits per heavy atom. The van der Waals surface area contributed by atoms with Crippen LogP contribution in [-0.4, -0.2) is 30.3 Å². The Hall–Kier alpha value is -3.35. The molecular weight excluding hydrogens is 441 g/mol. The molecule has 0 aliphatic heterocycles. The minimum absolute atomic E-state index is 0. The first-order chi connectivity index (χ1) is 15.7. The van der Waals surface area contributed by atoms with Crippen molar-refractivity contribution in [1.82, 2.24) is 10.3 Å². The summed E-state index contributed by atoms with van der Waals surface area (Å²) in [5.74, 6) is 0.427. The molecule has 0 aliphatic rings. The second kappa shape index (κ2) is 11.5. The summed E-state index contributed by atoms with van der Waals surface area (Å²) < 4.78 is 18.3. The molecule has 0 fully saturated rings. The fraction of sp³-hybridized carbons (Fsp3) is 0.192. The number of phenols is 1. The highest BCUT2D eigenvalue weighted by atomic mass is 35.5. The van der Waals surface area contributed by atoms with Gasteiger partial charge in [-0.3, -0.25) is 4.98 Å². The van der Waals surface area contributed by atoms with E-state index in [1.807, 2.05) is 36.4 Å². The van der Waals surface area contributed by atoms with E-state index in [0.29, 0.717) is 12.3 Å². The van der Waals surface area contributed by atoms with Crippen LogP contribution in [0.2, 0.25) is 0 Å². The molecule has 0 amide bonds. The normalized spacial score (nSPS) is 10.6. The molecule has 0 saturated carbocycles. The predicted octanol–water partition coefficient (Wildman–Crippen LogP) is 5.77. The van der Waals surface area contributed by atoms with E-state index in [0.717, 1.165) is 52.8 Å². The fourth-order valence-electron chi connectivity index (χ4n) is 3.66. The van der Waals surface area contributed by atoms with E-state index < -0.39 is 0 Å². The second-order valence-corrected chi connectivity index (χ2v) is 7.52. The third kappa shape index (κ3) is 5.92. The standard InChI is InChI=1S/C26H26FN3O2.ClH/c1-32-25-5-2-4-20(26(25)31)17-28-13-3-14-29-23-12-15-30-24-16-19(8-11-22(23)24)18-6-9-21(27)10-7-18;/h2,4-12,15-16,28,31H,3,13-14,17H2,1H3,(H,29,30);1H. The highest BCUT2D eigenvalue weighted by molar-refractivity contribution is 5.93. The van der Waals surface area contributed by atoms with Crippen molar-refractivity contribution >= 4 is 29.0 Å². The molecule has 172 valence electrons. The minimum atomic E-state index is -0.242. The molecule has 33 heavy (non-hydrogen) atoms. The maximum Gasteiger partial charge on any atom is 0.162 e. The number of methoxy groups -OCH3 is 1. The summed E-state index contributed by atoms with van der Waals surface area (Å²) in [4.78, 5) is 4.50. The van der Waals surface area contributed by atoms with Gasteiger partial charge in [-0.25, -0.2) is 4.39 Å². The van der Waals surface area contributed by atoms with Gasteiger partial charge in [-0.05, 0) is 54.4 Å². The van der Waals surface area contributed by atoms with Crippen LogP contribution in [0.15, 0.2) is 72.9 Å². The molecule has 4 aromatic rings. The first kappa shape index (κ1) is 24.3. The van der Waals surface area contributed by atoms with Crippen molar-refractivity contribution in [3.8, 4) is 22.6 Å². The molecule has 1 aromatic heterocycles. The highest BCUT2D eigenvalue weighted by Crippen LogP contribution is 2.29. The zero-order valence-corrected chi connectivity index (χ0v) is 19.2. The van der Waals surface area contributed by atoms with E-state index in [9.17, 15) is 9.50 Å². The van der Waals surface area contributed by atoms with Crippen LogP contribution >= 0.6 is 12.4 Å². The molecule has 1 heterocycles. The largest absolute Gasteiger partial charge is 0.504 e. The molecular formula is C26H27ClFN3O2. The van der Waals surface area contributed by atoms with Gasteiger partial charge in [0.15, 0.2) is 11.5 Å². The fourth-order valence-corrected chi connectivity index (χ4v) is 3.66. The number of hydrogen-bond donors (Lipinski definition) is 3. The van der Waals surface area contributed by atoms with Crippen molar-refractivity contribution in [2.24, 2.45) is 0 Å². The average Bonchev–Trinajstić information content (AvgIpc) is 2.82. The third-order valence-electron chi connectivity index (χ3n) is 5.38. The summed E-state index contributed by atoms with van der Waals surface area (Å²) in [5, 5.41) is 18.0. The molecule has 3 aromatic carbocycles. The number of fused-ring (bicyclic) bond motifs is 1. The number of para-hydroxylation sites is 1. The first-order valence-corrected chi connectivity index (χ1v) is 10.6. The lowest BCUT2D eigenvalue weighted by Crippen LogP contribution is -2.17. The van der Waals surface area contributed by atoms with Gasteiger partial charge < -0.3 is 20.5 Å². The van der Waals surface area contributed by atoms with Gasteiger partial charge in [-0.1, -0.05) is 36.4 Å². The molecule has 0 atom stereocenters. The van der Waals surface area contributed by atoms with E-state index in [4.69, 9.17) is 4.74 Å². The van der Waals surface area contributed by atoms with Crippen molar-refractivity contribution in [3.05, 3.63) is 84.3 Å². The Morgan fingerprint density at radius 2 is 1.76 bits per heavy atom.